The Balaban J connectivity index is 1.38. The first-order valence-electron chi connectivity index (χ1n) is 13.9. The second-order valence-electron chi connectivity index (χ2n) is 12.2. The molecular formula is C29H30ClF4N7O. The molecule has 222 valence electrons. The second kappa shape index (κ2) is 9.65. The van der Waals surface area contributed by atoms with Crippen molar-refractivity contribution in [3.63, 3.8) is 0 Å². The molecule has 2 bridgehead atoms. The molecule has 4 aromatic rings. The maximum Gasteiger partial charge on any atom is 0.319 e. The lowest BCUT2D eigenvalue weighted by atomic mass is 9.96. The minimum absolute atomic E-state index is 0.109. The van der Waals surface area contributed by atoms with E-state index < -0.39 is 23.0 Å². The van der Waals surface area contributed by atoms with Gasteiger partial charge in [-0.1, -0.05) is 11.6 Å². The van der Waals surface area contributed by atoms with E-state index in [-0.39, 0.29) is 64.7 Å². The highest BCUT2D eigenvalue weighted by atomic mass is 35.5. The van der Waals surface area contributed by atoms with Crippen LogP contribution in [0.1, 0.15) is 24.8 Å². The lowest BCUT2D eigenvalue weighted by Gasteiger charge is -2.34. The topological polar surface area (TPSA) is 82.2 Å². The van der Waals surface area contributed by atoms with Gasteiger partial charge in [-0.15, -0.1) is 0 Å². The molecule has 1 saturated carbocycles. The summed E-state index contributed by atoms with van der Waals surface area (Å²) in [5, 5.41) is 11.2. The van der Waals surface area contributed by atoms with Crippen molar-refractivity contribution in [3.8, 4) is 17.1 Å². The molecule has 3 aliphatic rings. The number of ether oxygens (including phenoxy) is 1. The van der Waals surface area contributed by atoms with Crippen molar-refractivity contribution in [3.05, 3.63) is 40.6 Å². The first-order chi connectivity index (χ1) is 20.0. The third-order valence-electron chi connectivity index (χ3n) is 8.78. The van der Waals surface area contributed by atoms with E-state index in [4.69, 9.17) is 16.3 Å². The van der Waals surface area contributed by atoms with E-state index in [1.165, 1.54) is 12.3 Å². The van der Waals surface area contributed by atoms with E-state index in [1.54, 1.807) is 32.0 Å². The van der Waals surface area contributed by atoms with Crippen LogP contribution in [0, 0.1) is 24.0 Å². The zero-order valence-electron chi connectivity index (χ0n) is 23.4. The highest BCUT2D eigenvalue weighted by Crippen LogP contribution is 2.60. The molecular weight excluding hydrogens is 574 g/mol. The predicted molar refractivity (Wildman–Crippen MR) is 152 cm³/mol. The Kier molecular flexibility index (Phi) is 6.34. The zero-order valence-corrected chi connectivity index (χ0v) is 24.1. The molecule has 0 spiro atoms. The Morgan fingerprint density at radius 2 is 1.81 bits per heavy atom. The molecule has 2 N–H and O–H groups in total. The number of aromatic amines is 1. The molecule has 0 radical (unpaired) electrons. The van der Waals surface area contributed by atoms with Crippen molar-refractivity contribution in [1.82, 2.24) is 30.4 Å². The van der Waals surface area contributed by atoms with Crippen LogP contribution in [0.2, 0.25) is 5.02 Å². The van der Waals surface area contributed by atoms with Gasteiger partial charge in [0.05, 0.1) is 27.7 Å². The summed E-state index contributed by atoms with van der Waals surface area (Å²) in [7, 11) is 3.44. The van der Waals surface area contributed by atoms with Gasteiger partial charge in [0.2, 0.25) is 0 Å². The van der Waals surface area contributed by atoms with Crippen LogP contribution in [-0.2, 0) is 0 Å². The highest BCUT2D eigenvalue weighted by Gasteiger charge is 2.71. The van der Waals surface area contributed by atoms with Gasteiger partial charge in [0.15, 0.2) is 5.82 Å². The Morgan fingerprint density at radius 1 is 1.10 bits per heavy atom. The summed E-state index contributed by atoms with van der Waals surface area (Å²) < 4.78 is 67.4. The second-order valence-corrected chi connectivity index (χ2v) is 12.6. The molecule has 1 aliphatic carbocycles. The molecule has 3 fully saturated rings. The number of nitrogens with zero attached hydrogens (tertiary/aromatic N) is 5. The van der Waals surface area contributed by atoms with Gasteiger partial charge >= 0.3 is 6.01 Å². The third kappa shape index (κ3) is 4.37. The van der Waals surface area contributed by atoms with E-state index in [0.29, 0.717) is 35.4 Å². The van der Waals surface area contributed by atoms with Gasteiger partial charge in [-0.3, -0.25) is 5.10 Å². The summed E-state index contributed by atoms with van der Waals surface area (Å²) in [5.74, 6) is -4.35. The van der Waals surface area contributed by atoms with Gasteiger partial charge in [-0.2, -0.15) is 15.1 Å². The number of halogens is 5. The Hall–Kier alpha value is -3.22. The first-order valence-corrected chi connectivity index (χ1v) is 14.3. The Labute approximate surface area is 244 Å². The maximum absolute atomic E-state index is 16.6. The molecule has 13 heteroatoms. The number of rotatable bonds is 7. The van der Waals surface area contributed by atoms with Crippen molar-refractivity contribution in [2.45, 2.75) is 44.2 Å². The summed E-state index contributed by atoms with van der Waals surface area (Å²) in [6, 6.07) is 3.17. The quantitative estimate of drug-likeness (QED) is 0.277. The van der Waals surface area contributed by atoms with Crippen molar-refractivity contribution in [1.29, 1.82) is 0 Å². The lowest BCUT2D eigenvalue weighted by molar-refractivity contribution is 0.0288. The number of H-pyrrole nitrogens is 1. The number of benzene rings is 2. The molecule has 2 aliphatic heterocycles. The number of anilines is 1. The van der Waals surface area contributed by atoms with Crippen LogP contribution in [-0.4, -0.2) is 83.4 Å². The van der Waals surface area contributed by atoms with Gasteiger partial charge in [-0.25, -0.2) is 17.6 Å². The van der Waals surface area contributed by atoms with Gasteiger partial charge in [0.1, 0.15) is 23.8 Å². The molecule has 8 nitrogen and oxygen atoms in total. The number of aryl methyl sites for hydroxylation is 1. The Bertz CT molecular complexity index is 1720. The summed E-state index contributed by atoms with van der Waals surface area (Å²) in [5.41, 5.74) is -0.569. The highest BCUT2D eigenvalue weighted by molar-refractivity contribution is 6.36. The molecule has 4 heterocycles. The van der Waals surface area contributed by atoms with Gasteiger partial charge < -0.3 is 19.9 Å². The molecule has 42 heavy (non-hydrogen) atoms. The molecule has 3 atom stereocenters. The van der Waals surface area contributed by atoms with Gasteiger partial charge in [0, 0.05) is 54.5 Å². The van der Waals surface area contributed by atoms with Crippen LogP contribution >= 0.6 is 11.6 Å². The number of aromatic nitrogens is 4. The third-order valence-corrected chi connectivity index (χ3v) is 9.27. The van der Waals surface area contributed by atoms with Gasteiger partial charge in [-0.05, 0) is 51.6 Å². The summed E-state index contributed by atoms with van der Waals surface area (Å²) in [4.78, 5) is 12.6. The van der Waals surface area contributed by atoms with Crippen LogP contribution in [0.15, 0.2) is 18.3 Å². The average molecular weight is 604 g/mol. The summed E-state index contributed by atoms with van der Waals surface area (Å²) in [6.45, 7) is 2.66. The summed E-state index contributed by atoms with van der Waals surface area (Å²) in [6.07, 6.45) is 3.11. The molecule has 2 aromatic heterocycles. The van der Waals surface area contributed by atoms with Crippen molar-refractivity contribution in [2.24, 2.45) is 5.41 Å². The predicted octanol–water partition coefficient (Wildman–Crippen LogP) is 5.32. The first kappa shape index (κ1) is 27.6. The molecule has 3 unspecified atom stereocenters. The normalized spacial score (nSPS) is 24.7. The van der Waals surface area contributed by atoms with Crippen LogP contribution < -0.4 is 15.0 Å². The molecule has 2 saturated heterocycles. The van der Waals surface area contributed by atoms with E-state index in [0.717, 1.165) is 12.8 Å². The van der Waals surface area contributed by atoms with E-state index >= 15 is 8.78 Å². The number of alkyl halides is 2. The number of hydrogen-bond donors (Lipinski definition) is 2. The van der Waals surface area contributed by atoms with Crippen LogP contribution in [0.4, 0.5) is 23.4 Å². The number of piperazine rings is 1. The van der Waals surface area contributed by atoms with Crippen LogP contribution in [0.3, 0.4) is 0 Å². The Morgan fingerprint density at radius 3 is 2.48 bits per heavy atom. The van der Waals surface area contributed by atoms with Gasteiger partial charge in [0.25, 0.3) is 5.92 Å². The standard InChI is InChI=1S/C29H30ClF4N7O/c1-14-6-20-18(8-35-39-20)21(23(14)30)22-19(31)7-17-25(24(22)32)37-27(42-13-28(12-40(2)3)11-29(28,33)34)38-26(17)41-9-15-4-5-16(10-41)36-15/h6-8,15-16,36H,4-5,9-13H2,1-3H3,(H,35,39). The maximum atomic E-state index is 16.6. The molecule has 7 rings (SSSR count). The summed E-state index contributed by atoms with van der Waals surface area (Å²) >= 11 is 6.63. The zero-order chi connectivity index (χ0) is 29.6. The number of nitrogens with one attached hydrogen (secondary N) is 2. The van der Waals surface area contributed by atoms with E-state index in [2.05, 4.69) is 25.5 Å². The molecule has 2 aromatic carbocycles. The van der Waals surface area contributed by atoms with Crippen molar-refractivity contribution < 1.29 is 22.3 Å². The van der Waals surface area contributed by atoms with Crippen molar-refractivity contribution in [2.75, 3.05) is 45.2 Å². The lowest BCUT2D eigenvalue weighted by Crippen LogP contribution is -2.51. The SMILES string of the molecule is Cc1cc2[nH]ncc2c(-c2c(F)cc3c(N4CC5CCC(C4)N5)nc(OCC4(CN(C)C)CC4(F)F)nc3c2F)c1Cl. The van der Waals surface area contributed by atoms with E-state index in [9.17, 15) is 8.78 Å². The monoisotopic (exact) mass is 603 g/mol. The minimum Gasteiger partial charge on any atom is -0.463 e. The van der Waals surface area contributed by atoms with E-state index in [1.807, 2.05) is 4.90 Å². The average Bonchev–Trinajstić information content (AvgIpc) is 3.23. The van der Waals surface area contributed by atoms with Crippen LogP contribution in [0.5, 0.6) is 6.01 Å². The minimum atomic E-state index is -2.89. The van der Waals surface area contributed by atoms with Crippen LogP contribution in [0.25, 0.3) is 32.9 Å². The fraction of sp³-hybridized carbons (Fsp3) is 0.483. The fourth-order valence-electron chi connectivity index (χ4n) is 6.67. The fourth-order valence-corrected chi connectivity index (χ4v) is 6.92. The van der Waals surface area contributed by atoms with Crippen molar-refractivity contribution >= 4 is 39.2 Å². The molecule has 0 amide bonds. The largest absolute Gasteiger partial charge is 0.463 e. The number of fused-ring (bicyclic) bond motifs is 4. The smallest absolute Gasteiger partial charge is 0.319 e. The number of hydrogen-bond acceptors (Lipinski definition) is 7.